The first-order chi connectivity index (χ1) is 8.66. The second-order valence-electron chi connectivity index (χ2n) is 4.41. The van der Waals surface area contributed by atoms with Gasteiger partial charge >= 0.3 is 0 Å². The zero-order valence-electron chi connectivity index (χ0n) is 10.1. The van der Waals surface area contributed by atoms with Gasteiger partial charge in [0.15, 0.2) is 0 Å². The lowest BCUT2D eigenvalue weighted by molar-refractivity contribution is 0.0908. The number of carbonyl (C=O) groups excluding carboxylic acids is 1. The van der Waals surface area contributed by atoms with Crippen molar-refractivity contribution in [2.24, 2.45) is 0 Å². The van der Waals surface area contributed by atoms with E-state index in [2.05, 4.69) is 21.2 Å². The highest BCUT2D eigenvalue weighted by Gasteiger charge is 2.16. The van der Waals surface area contributed by atoms with E-state index in [9.17, 15) is 4.79 Å². The molecule has 1 aliphatic rings. The number of nitrogens with one attached hydrogen (secondary N) is 1. The molecule has 0 aliphatic carbocycles. The molecule has 4 nitrogen and oxygen atoms in total. The lowest BCUT2D eigenvalue weighted by atomic mass is 10.1. The topological polar surface area (TPSA) is 64.4 Å². The monoisotopic (exact) mass is 312 g/mol. The van der Waals surface area contributed by atoms with Crippen LogP contribution in [-0.4, -0.2) is 25.2 Å². The fourth-order valence-electron chi connectivity index (χ4n) is 2.04. The molecule has 1 saturated heterocycles. The Kier molecular flexibility index (Phi) is 4.60. The van der Waals surface area contributed by atoms with Crippen LogP contribution in [0.1, 0.15) is 29.6 Å². The molecular weight excluding hydrogens is 296 g/mol. The number of benzene rings is 1. The summed E-state index contributed by atoms with van der Waals surface area (Å²) in [6, 6.07) is 5.27. The first-order valence-corrected chi connectivity index (χ1v) is 6.91. The van der Waals surface area contributed by atoms with Crippen LogP contribution >= 0.6 is 15.9 Å². The third-order valence-electron chi connectivity index (χ3n) is 3.04. The van der Waals surface area contributed by atoms with Crippen molar-refractivity contribution in [2.45, 2.75) is 25.4 Å². The number of carbonyl (C=O) groups is 1. The molecule has 0 bridgehead atoms. The van der Waals surface area contributed by atoms with Crippen LogP contribution in [0, 0.1) is 0 Å². The standard InChI is InChI=1S/C13H17BrN2O2/c14-9-3-4-12(15)11(8-9)13(17)16-6-5-10-2-1-7-18-10/h3-4,8,10H,1-2,5-7,15H2,(H,16,17). The molecule has 1 aromatic carbocycles. The van der Waals surface area contributed by atoms with E-state index in [1.54, 1.807) is 12.1 Å². The van der Waals surface area contributed by atoms with Gasteiger partial charge in [0, 0.05) is 23.3 Å². The molecule has 0 spiro atoms. The minimum atomic E-state index is -0.133. The maximum Gasteiger partial charge on any atom is 0.253 e. The number of ether oxygens (including phenoxy) is 1. The molecule has 1 amide bonds. The van der Waals surface area contributed by atoms with Crippen molar-refractivity contribution in [1.82, 2.24) is 5.32 Å². The molecule has 0 aromatic heterocycles. The SMILES string of the molecule is Nc1ccc(Br)cc1C(=O)NCCC1CCCO1. The number of rotatable bonds is 4. The Hall–Kier alpha value is -1.07. The summed E-state index contributed by atoms with van der Waals surface area (Å²) < 4.78 is 6.35. The Morgan fingerprint density at radius 1 is 1.56 bits per heavy atom. The lowest BCUT2D eigenvalue weighted by Gasteiger charge is -2.11. The Morgan fingerprint density at radius 2 is 2.39 bits per heavy atom. The van der Waals surface area contributed by atoms with Crippen LogP contribution in [0.25, 0.3) is 0 Å². The van der Waals surface area contributed by atoms with Crippen LogP contribution in [0.4, 0.5) is 5.69 Å². The summed E-state index contributed by atoms with van der Waals surface area (Å²) in [6.07, 6.45) is 3.37. The second kappa shape index (κ2) is 6.20. The molecule has 1 aliphatic heterocycles. The third-order valence-corrected chi connectivity index (χ3v) is 3.53. The van der Waals surface area contributed by atoms with E-state index < -0.39 is 0 Å². The number of amides is 1. The minimum Gasteiger partial charge on any atom is -0.398 e. The van der Waals surface area contributed by atoms with Gasteiger partial charge < -0.3 is 15.8 Å². The number of hydrogen-bond donors (Lipinski definition) is 2. The van der Waals surface area contributed by atoms with Crippen molar-refractivity contribution < 1.29 is 9.53 Å². The molecule has 0 radical (unpaired) electrons. The molecule has 3 N–H and O–H groups in total. The summed E-state index contributed by atoms with van der Waals surface area (Å²) >= 11 is 3.33. The minimum absolute atomic E-state index is 0.133. The van der Waals surface area contributed by atoms with Gasteiger partial charge in [-0.25, -0.2) is 0 Å². The maximum atomic E-state index is 11.9. The van der Waals surface area contributed by atoms with Crippen LogP contribution in [-0.2, 0) is 4.74 Å². The van der Waals surface area contributed by atoms with Gasteiger partial charge in [-0.15, -0.1) is 0 Å². The molecule has 1 unspecified atom stereocenters. The molecular formula is C13H17BrN2O2. The summed E-state index contributed by atoms with van der Waals surface area (Å²) in [6.45, 7) is 1.46. The smallest absolute Gasteiger partial charge is 0.253 e. The van der Waals surface area contributed by atoms with Gasteiger partial charge in [0.1, 0.15) is 0 Å². The van der Waals surface area contributed by atoms with Crippen LogP contribution in [0.5, 0.6) is 0 Å². The molecule has 18 heavy (non-hydrogen) atoms. The van der Waals surface area contributed by atoms with Crippen molar-refractivity contribution >= 4 is 27.5 Å². The molecule has 1 heterocycles. The zero-order chi connectivity index (χ0) is 13.0. The van der Waals surface area contributed by atoms with Crippen LogP contribution < -0.4 is 11.1 Å². The molecule has 1 atom stereocenters. The van der Waals surface area contributed by atoms with E-state index in [4.69, 9.17) is 10.5 Å². The fourth-order valence-corrected chi connectivity index (χ4v) is 2.40. The molecule has 5 heteroatoms. The molecule has 98 valence electrons. The van der Waals surface area contributed by atoms with Crippen molar-refractivity contribution in [2.75, 3.05) is 18.9 Å². The highest BCUT2D eigenvalue weighted by Crippen LogP contribution is 2.18. The van der Waals surface area contributed by atoms with Gasteiger partial charge in [-0.3, -0.25) is 4.79 Å². The number of nitrogens with two attached hydrogens (primary N) is 1. The van der Waals surface area contributed by atoms with Crippen LogP contribution in [0.15, 0.2) is 22.7 Å². The lowest BCUT2D eigenvalue weighted by Crippen LogP contribution is -2.27. The Balaban J connectivity index is 1.85. The van der Waals surface area contributed by atoms with E-state index in [1.165, 1.54) is 0 Å². The fraction of sp³-hybridized carbons (Fsp3) is 0.462. The summed E-state index contributed by atoms with van der Waals surface area (Å²) in [4.78, 5) is 11.9. The van der Waals surface area contributed by atoms with Crippen LogP contribution in [0.2, 0.25) is 0 Å². The summed E-state index contributed by atoms with van der Waals surface area (Å²) in [7, 11) is 0. The quantitative estimate of drug-likeness (QED) is 0.839. The Morgan fingerprint density at radius 3 is 3.11 bits per heavy atom. The average molecular weight is 313 g/mol. The predicted octanol–water partition coefficient (Wildman–Crippen LogP) is 2.33. The van der Waals surface area contributed by atoms with E-state index >= 15 is 0 Å². The largest absolute Gasteiger partial charge is 0.398 e. The first kappa shape index (κ1) is 13.4. The third kappa shape index (κ3) is 3.46. The van der Waals surface area contributed by atoms with Gasteiger partial charge in [0.2, 0.25) is 0 Å². The van der Waals surface area contributed by atoms with E-state index in [0.717, 1.165) is 30.3 Å². The van der Waals surface area contributed by atoms with E-state index in [1.807, 2.05) is 6.07 Å². The Labute approximate surface area is 115 Å². The van der Waals surface area contributed by atoms with Crippen molar-refractivity contribution in [3.8, 4) is 0 Å². The zero-order valence-corrected chi connectivity index (χ0v) is 11.7. The highest BCUT2D eigenvalue weighted by molar-refractivity contribution is 9.10. The van der Waals surface area contributed by atoms with Crippen molar-refractivity contribution in [1.29, 1.82) is 0 Å². The number of hydrogen-bond acceptors (Lipinski definition) is 3. The number of anilines is 1. The van der Waals surface area contributed by atoms with Gasteiger partial charge in [0.05, 0.1) is 11.7 Å². The molecule has 1 fully saturated rings. The van der Waals surface area contributed by atoms with Gasteiger partial charge in [-0.2, -0.15) is 0 Å². The van der Waals surface area contributed by atoms with Gasteiger partial charge in [-0.05, 0) is 37.5 Å². The summed E-state index contributed by atoms with van der Waals surface area (Å²) in [5.41, 5.74) is 6.78. The normalized spacial score (nSPS) is 18.8. The van der Waals surface area contributed by atoms with Gasteiger partial charge in [-0.1, -0.05) is 15.9 Å². The van der Waals surface area contributed by atoms with Gasteiger partial charge in [0.25, 0.3) is 5.91 Å². The van der Waals surface area contributed by atoms with Crippen molar-refractivity contribution in [3.63, 3.8) is 0 Å². The number of nitrogen functional groups attached to an aromatic ring is 1. The summed E-state index contributed by atoms with van der Waals surface area (Å²) in [5.74, 6) is -0.133. The predicted molar refractivity (Wildman–Crippen MR) is 74.5 cm³/mol. The van der Waals surface area contributed by atoms with Crippen LogP contribution in [0.3, 0.4) is 0 Å². The summed E-state index contributed by atoms with van der Waals surface area (Å²) in [5, 5.41) is 2.87. The molecule has 0 saturated carbocycles. The van der Waals surface area contributed by atoms with Crippen molar-refractivity contribution in [3.05, 3.63) is 28.2 Å². The second-order valence-corrected chi connectivity index (χ2v) is 5.33. The van der Waals surface area contributed by atoms with E-state index in [0.29, 0.717) is 23.9 Å². The maximum absolute atomic E-state index is 11.9. The Bertz CT molecular complexity index is 431. The van der Waals surface area contributed by atoms with E-state index in [-0.39, 0.29) is 5.91 Å². The number of halogens is 1. The first-order valence-electron chi connectivity index (χ1n) is 6.11. The molecule has 1 aromatic rings. The average Bonchev–Trinajstić information content (AvgIpc) is 2.85. The highest BCUT2D eigenvalue weighted by atomic mass is 79.9. The molecule has 2 rings (SSSR count).